The van der Waals surface area contributed by atoms with Crippen molar-refractivity contribution in [2.45, 2.75) is 12.5 Å². The molecule has 0 unspecified atom stereocenters. The van der Waals surface area contributed by atoms with Crippen LogP contribution in [0.5, 0.6) is 0 Å². The van der Waals surface area contributed by atoms with Crippen LogP contribution in [0.4, 0.5) is 0 Å². The van der Waals surface area contributed by atoms with E-state index in [1.165, 1.54) is 17.6 Å². The number of terminal acetylenes is 1. The summed E-state index contributed by atoms with van der Waals surface area (Å²) in [6.45, 7) is -0.0410. The lowest BCUT2D eigenvalue weighted by Gasteiger charge is -2.41. The van der Waals surface area contributed by atoms with Gasteiger partial charge in [0, 0.05) is 17.5 Å². The number of nitrogens with one attached hydrogen (secondary N) is 2. The predicted molar refractivity (Wildman–Crippen MR) is 104 cm³/mol. The molecule has 2 rings (SSSR count). The summed E-state index contributed by atoms with van der Waals surface area (Å²) in [6, 6.07) is 4.65. The lowest BCUT2D eigenvalue weighted by Crippen LogP contribution is -2.65. The zero-order valence-electron chi connectivity index (χ0n) is 15.2. The third-order valence-corrected chi connectivity index (χ3v) is 6.09. The van der Waals surface area contributed by atoms with Gasteiger partial charge in [0.15, 0.2) is 9.84 Å². The van der Waals surface area contributed by atoms with Crippen LogP contribution >= 0.6 is 0 Å². The number of sulfone groups is 1. The van der Waals surface area contributed by atoms with Crippen LogP contribution in [0.25, 0.3) is 0 Å². The molecule has 9 heteroatoms. The van der Waals surface area contributed by atoms with Crippen LogP contribution in [0.2, 0.25) is 0 Å². The second-order valence-corrected chi connectivity index (χ2v) is 8.38. The molecule has 0 bridgehead atoms. The second kappa shape index (κ2) is 9.27. The summed E-state index contributed by atoms with van der Waals surface area (Å²) in [5.74, 6) is 10.3. The first kappa shape index (κ1) is 22.0. The van der Waals surface area contributed by atoms with Crippen molar-refractivity contribution in [3.05, 3.63) is 35.4 Å². The van der Waals surface area contributed by atoms with Crippen molar-refractivity contribution in [1.82, 2.24) is 10.8 Å². The summed E-state index contributed by atoms with van der Waals surface area (Å²) in [6.07, 6.45) is 5.76. The molecule has 2 amide bonds. The molecule has 1 aromatic rings. The minimum Gasteiger partial charge on any atom is -0.395 e. The molecule has 1 saturated heterocycles. The Labute approximate surface area is 168 Å². The molecule has 8 nitrogen and oxygen atoms in total. The van der Waals surface area contributed by atoms with Gasteiger partial charge in [0.05, 0.1) is 23.5 Å². The van der Waals surface area contributed by atoms with Crippen molar-refractivity contribution < 1.29 is 28.3 Å². The number of rotatable bonds is 5. The first-order chi connectivity index (χ1) is 13.8. The Balaban J connectivity index is 2.15. The first-order valence-corrected chi connectivity index (χ1v) is 10.2. The maximum Gasteiger partial charge on any atom is 0.267 e. The van der Waals surface area contributed by atoms with Crippen LogP contribution in [0, 0.1) is 41.4 Å². The van der Waals surface area contributed by atoms with E-state index < -0.39 is 44.6 Å². The van der Waals surface area contributed by atoms with Crippen LogP contribution in [0.15, 0.2) is 24.3 Å². The van der Waals surface area contributed by atoms with Crippen LogP contribution < -0.4 is 10.8 Å². The third kappa shape index (κ3) is 5.37. The number of aliphatic hydroxyl groups is 1. The highest BCUT2D eigenvalue weighted by atomic mass is 32.2. The molecule has 1 aliphatic rings. The average molecular weight is 414 g/mol. The van der Waals surface area contributed by atoms with E-state index in [1.807, 2.05) is 0 Å². The zero-order valence-corrected chi connectivity index (χ0v) is 16.0. The lowest BCUT2D eigenvalue weighted by molar-refractivity contribution is -0.133. The van der Waals surface area contributed by atoms with Crippen molar-refractivity contribution >= 4 is 21.7 Å². The number of amides is 2. The molecule has 1 fully saturated rings. The van der Waals surface area contributed by atoms with E-state index in [-0.39, 0.29) is 12.2 Å². The highest BCUT2D eigenvalue weighted by Gasteiger charge is 2.55. The number of hydrogen-bond donors (Lipinski definition) is 4. The monoisotopic (exact) mass is 414 g/mol. The fraction of sp³-hybridized carbons (Fsp3) is 0.300. The molecule has 4 N–H and O–H groups in total. The first-order valence-electron chi connectivity index (χ1n) is 8.40. The normalized spacial score (nSPS) is 16.3. The van der Waals surface area contributed by atoms with Gasteiger partial charge < -0.3 is 10.4 Å². The van der Waals surface area contributed by atoms with Crippen LogP contribution in [-0.4, -0.2) is 54.7 Å². The van der Waals surface area contributed by atoms with Gasteiger partial charge in [-0.15, -0.1) is 6.42 Å². The average Bonchev–Trinajstić information content (AvgIpc) is 2.69. The maximum absolute atomic E-state index is 12.5. The Kier molecular flexibility index (Phi) is 7.03. The van der Waals surface area contributed by atoms with E-state index in [0.29, 0.717) is 12.0 Å². The van der Waals surface area contributed by atoms with Crippen molar-refractivity contribution in [1.29, 1.82) is 0 Å². The Morgan fingerprint density at radius 2 is 1.86 bits per heavy atom. The van der Waals surface area contributed by atoms with E-state index in [0.717, 1.165) is 0 Å². The van der Waals surface area contributed by atoms with E-state index in [1.54, 1.807) is 12.1 Å². The SMILES string of the molecule is C#CC1([C@H](NC(=O)c2ccc(C#CC#CCCO)cc2)C(=O)NO)CS(=O)(=O)C1. The molecule has 1 aromatic carbocycles. The quantitative estimate of drug-likeness (QED) is 0.280. The summed E-state index contributed by atoms with van der Waals surface area (Å²) in [4.78, 5) is 24.5. The fourth-order valence-electron chi connectivity index (χ4n) is 2.78. The number of carbonyl (C=O) groups is 2. The number of hydrogen-bond acceptors (Lipinski definition) is 6. The van der Waals surface area contributed by atoms with E-state index in [9.17, 15) is 18.0 Å². The Bertz CT molecular complexity index is 1050. The Morgan fingerprint density at radius 1 is 1.21 bits per heavy atom. The van der Waals surface area contributed by atoms with Gasteiger partial charge in [0.25, 0.3) is 11.8 Å². The number of carbonyl (C=O) groups excluding carboxylic acids is 2. The van der Waals surface area contributed by atoms with Gasteiger partial charge >= 0.3 is 0 Å². The molecule has 29 heavy (non-hydrogen) atoms. The van der Waals surface area contributed by atoms with Gasteiger partial charge in [-0.05, 0) is 36.1 Å². The predicted octanol–water partition coefficient (Wildman–Crippen LogP) is -0.924. The highest BCUT2D eigenvalue weighted by molar-refractivity contribution is 7.92. The van der Waals surface area contributed by atoms with Crippen LogP contribution in [0.3, 0.4) is 0 Å². The van der Waals surface area contributed by atoms with Gasteiger partial charge in [0.2, 0.25) is 0 Å². The number of aliphatic hydroxyl groups excluding tert-OH is 1. The van der Waals surface area contributed by atoms with Crippen molar-refractivity contribution in [3.8, 4) is 36.0 Å². The van der Waals surface area contributed by atoms with Gasteiger partial charge in [-0.2, -0.15) is 0 Å². The Morgan fingerprint density at radius 3 is 2.38 bits per heavy atom. The topological polar surface area (TPSA) is 133 Å². The van der Waals surface area contributed by atoms with Crippen LogP contribution in [-0.2, 0) is 14.6 Å². The van der Waals surface area contributed by atoms with E-state index in [2.05, 4.69) is 34.9 Å². The van der Waals surface area contributed by atoms with Gasteiger partial charge in [0.1, 0.15) is 6.04 Å². The maximum atomic E-state index is 12.5. The van der Waals surface area contributed by atoms with Gasteiger partial charge in [-0.1, -0.05) is 17.8 Å². The largest absolute Gasteiger partial charge is 0.395 e. The number of hydroxylamine groups is 1. The lowest BCUT2D eigenvalue weighted by atomic mass is 9.83. The molecule has 0 aliphatic carbocycles. The molecule has 0 spiro atoms. The molecular weight excluding hydrogens is 396 g/mol. The summed E-state index contributed by atoms with van der Waals surface area (Å²) in [7, 11) is -3.40. The molecule has 1 heterocycles. The summed E-state index contributed by atoms with van der Waals surface area (Å²) in [5.41, 5.74) is 0.762. The Hall–Kier alpha value is -3.29. The highest BCUT2D eigenvalue weighted by Crippen LogP contribution is 2.36. The fourth-order valence-corrected chi connectivity index (χ4v) is 4.77. The minimum atomic E-state index is -3.40. The molecule has 1 aliphatic heterocycles. The smallest absolute Gasteiger partial charge is 0.267 e. The minimum absolute atomic E-state index is 0.0410. The summed E-state index contributed by atoms with van der Waals surface area (Å²) < 4.78 is 23.2. The van der Waals surface area contributed by atoms with E-state index >= 15 is 0 Å². The molecular formula is C20H18N2O6S. The number of benzene rings is 1. The molecule has 0 saturated carbocycles. The van der Waals surface area contributed by atoms with Gasteiger partial charge in [-0.3, -0.25) is 14.8 Å². The van der Waals surface area contributed by atoms with E-state index in [4.69, 9.17) is 16.7 Å². The zero-order chi connectivity index (χ0) is 21.5. The van der Waals surface area contributed by atoms with Crippen molar-refractivity contribution in [2.75, 3.05) is 18.1 Å². The molecule has 150 valence electrons. The van der Waals surface area contributed by atoms with Crippen LogP contribution in [0.1, 0.15) is 22.3 Å². The van der Waals surface area contributed by atoms with Crippen molar-refractivity contribution in [3.63, 3.8) is 0 Å². The summed E-state index contributed by atoms with van der Waals surface area (Å²) in [5, 5.41) is 20.0. The molecule has 0 radical (unpaired) electrons. The molecule has 0 aromatic heterocycles. The molecule has 1 atom stereocenters. The summed E-state index contributed by atoms with van der Waals surface area (Å²) >= 11 is 0. The van der Waals surface area contributed by atoms with Crippen molar-refractivity contribution in [2.24, 2.45) is 5.41 Å². The van der Waals surface area contributed by atoms with Gasteiger partial charge in [-0.25, -0.2) is 13.9 Å². The second-order valence-electron chi connectivity index (χ2n) is 6.32. The third-order valence-electron chi connectivity index (χ3n) is 4.18. The standard InChI is InChI=1S/C20H18N2O6S/c1-2-20(13-29(27,28)14-20)17(19(25)22-26)21-18(24)16-10-8-15(9-11-16)7-5-3-4-6-12-23/h1,8-11,17,23,26H,6,12-14H2,(H,21,24)(H,22,25)/t17-/m1/s1.